The van der Waals surface area contributed by atoms with E-state index in [9.17, 15) is 18.0 Å². The number of anilines is 1. The first-order chi connectivity index (χ1) is 14.3. The number of methoxy groups -OCH3 is 2. The molecule has 9 heteroatoms. The van der Waals surface area contributed by atoms with E-state index in [0.717, 1.165) is 6.07 Å². The lowest BCUT2D eigenvalue weighted by Crippen LogP contribution is -2.25. The number of alkyl halides is 3. The summed E-state index contributed by atoms with van der Waals surface area (Å²) in [6.45, 7) is 0. The van der Waals surface area contributed by atoms with Gasteiger partial charge >= 0.3 is 6.18 Å². The van der Waals surface area contributed by atoms with Crippen LogP contribution in [0.2, 0.25) is 0 Å². The van der Waals surface area contributed by atoms with E-state index in [1.165, 1.54) is 43.3 Å². The van der Waals surface area contributed by atoms with E-state index in [1.807, 2.05) is 0 Å². The van der Waals surface area contributed by atoms with Gasteiger partial charge in [0.1, 0.15) is 12.1 Å². The number of carbonyl (C=O) groups excluding carboxylic acids is 1. The third-order valence-electron chi connectivity index (χ3n) is 5.05. The number of carbonyl (C=O) groups is 1. The van der Waals surface area contributed by atoms with Gasteiger partial charge in [-0.2, -0.15) is 13.2 Å². The molecule has 4 rings (SSSR count). The highest BCUT2D eigenvalue weighted by molar-refractivity contribution is 5.94. The van der Waals surface area contributed by atoms with Crippen LogP contribution in [0.5, 0.6) is 11.5 Å². The lowest BCUT2D eigenvalue weighted by molar-refractivity contribution is -0.137. The maximum atomic E-state index is 13.5. The molecule has 2 heterocycles. The molecule has 156 valence electrons. The minimum Gasteiger partial charge on any atom is -0.493 e. The summed E-state index contributed by atoms with van der Waals surface area (Å²) >= 11 is 0. The van der Waals surface area contributed by atoms with Gasteiger partial charge in [-0.1, -0.05) is 24.3 Å². The number of halogens is 3. The van der Waals surface area contributed by atoms with E-state index in [2.05, 4.69) is 10.3 Å². The number of nitrogens with one attached hydrogen (secondary N) is 1. The Morgan fingerprint density at radius 2 is 1.87 bits per heavy atom. The summed E-state index contributed by atoms with van der Waals surface area (Å²) in [6, 6.07) is 10.4. The maximum absolute atomic E-state index is 13.5. The summed E-state index contributed by atoms with van der Waals surface area (Å²) in [6.07, 6.45) is -3.18. The highest BCUT2D eigenvalue weighted by Gasteiger charge is 2.37. The summed E-state index contributed by atoms with van der Waals surface area (Å²) < 4.78 is 52.6. The van der Waals surface area contributed by atoms with Crippen LogP contribution < -0.4 is 14.8 Å². The molecule has 0 fully saturated rings. The molecule has 30 heavy (non-hydrogen) atoms. The van der Waals surface area contributed by atoms with Crippen LogP contribution in [-0.4, -0.2) is 29.7 Å². The molecule has 6 nitrogen and oxygen atoms in total. The zero-order valence-corrected chi connectivity index (χ0v) is 16.2. The number of rotatable bonds is 4. The molecule has 0 unspecified atom stereocenters. The zero-order valence-electron chi connectivity index (χ0n) is 16.2. The molecule has 1 aliphatic rings. The molecule has 2 aromatic carbocycles. The Kier molecular flexibility index (Phi) is 4.89. The third-order valence-corrected chi connectivity index (χ3v) is 5.05. The fourth-order valence-corrected chi connectivity index (χ4v) is 3.76. The number of hydrogen-bond acceptors (Lipinski definition) is 4. The van der Waals surface area contributed by atoms with Crippen LogP contribution in [-0.2, 0) is 11.0 Å². The van der Waals surface area contributed by atoms with Crippen LogP contribution in [0.1, 0.15) is 29.2 Å². The summed E-state index contributed by atoms with van der Waals surface area (Å²) in [5.74, 6) is 0.319. The summed E-state index contributed by atoms with van der Waals surface area (Å²) in [5.41, 5.74) is 0.193. The van der Waals surface area contributed by atoms with Gasteiger partial charge in [-0.25, -0.2) is 4.98 Å². The Hall–Kier alpha value is -3.49. The van der Waals surface area contributed by atoms with Crippen molar-refractivity contribution in [3.05, 3.63) is 65.6 Å². The molecule has 3 aromatic rings. The van der Waals surface area contributed by atoms with Gasteiger partial charge in [0.2, 0.25) is 5.91 Å². The van der Waals surface area contributed by atoms with Gasteiger partial charge in [0.15, 0.2) is 11.5 Å². The summed E-state index contributed by atoms with van der Waals surface area (Å²) in [4.78, 5) is 16.8. The standard InChI is InChI=1S/C21H18F3N3O3/c1-29-16-9-5-6-12(19(16)30-2)13-10-17(28)26-20-18(13)25-11-27(20)15-8-4-3-7-14(15)21(22,23)24/h3-9,11,13H,10H2,1-2H3,(H,26,28)/t13-/m1/s1. The molecule has 1 atom stereocenters. The number of aromatic nitrogens is 2. The fourth-order valence-electron chi connectivity index (χ4n) is 3.76. The van der Waals surface area contributed by atoms with Crippen molar-refractivity contribution in [2.24, 2.45) is 0 Å². The Morgan fingerprint density at radius 3 is 2.57 bits per heavy atom. The zero-order chi connectivity index (χ0) is 21.5. The molecule has 1 aliphatic heterocycles. The molecule has 0 aliphatic carbocycles. The van der Waals surface area contributed by atoms with Crippen molar-refractivity contribution in [3.8, 4) is 17.2 Å². The van der Waals surface area contributed by atoms with E-state index in [-0.39, 0.29) is 23.8 Å². The van der Waals surface area contributed by atoms with E-state index >= 15 is 0 Å². The Bertz CT molecular complexity index is 1110. The minimum absolute atomic E-state index is 0.0778. The van der Waals surface area contributed by atoms with Gasteiger partial charge in [0.25, 0.3) is 0 Å². The van der Waals surface area contributed by atoms with E-state index in [0.29, 0.717) is 22.8 Å². The van der Waals surface area contributed by atoms with Gasteiger partial charge in [-0.05, 0) is 18.2 Å². The molecule has 0 saturated heterocycles. The first-order valence-corrected chi connectivity index (χ1v) is 9.09. The van der Waals surface area contributed by atoms with Crippen molar-refractivity contribution in [1.82, 2.24) is 9.55 Å². The highest BCUT2D eigenvalue weighted by Crippen LogP contribution is 2.44. The van der Waals surface area contributed by atoms with E-state index < -0.39 is 17.7 Å². The van der Waals surface area contributed by atoms with Crippen LogP contribution in [0.4, 0.5) is 19.0 Å². The second kappa shape index (κ2) is 7.40. The molecular weight excluding hydrogens is 399 g/mol. The fraction of sp³-hybridized carbons (Fsp3) is 0.238. The third kappa shape index (κ3) is 3.26. The lowest BCUT2D eigenvalue weighted by atomic mass is 9.89. The smallest absolute Gasteiger partial charge is 0.418 e. The Labute approximate surface area is 170 Å². The van der Waals surface area contributed by atoms with Gasteiger partial charge in [0.05, 0.1) is 31.2 Å². The van der Waals surface area contributed by atoms with Crippen LogP contribution in [0.25, 0.3) is 5.69 Å². The predicted octanol–water partition coefficient (Wildman–Crippen LogP) is 4.38. The largest absolute Gasteiger partial charge is 0.493 e. The molecule has 1 amide bonds. The number of para-hydroxylation sites is 2. The van der Waals surface area contributed by atoms with Crippen molar-refractivity contribution in [3.63, 3.8) is 0 Å². The maximum Gasteiger partial charge on any atom is 0.418 e. The number of benzene rings is 2. The number of imidazole rings is 1. The minimum atomic E-state index is -4.55. The monoisotopic (exact) mass is 417 g/mol. The molecule has 1 aromatic heterocycles. The first-order valence-electron chi connectivity index (χ1n) is 9.09. The van der Waals surface area contributed by atoms with Crippen LogP contribution in [0.15, 0.2) is 48.8 Å². The molecule has 1 N–H and O–H groups in total. The Balaban J connectivity index is 1.88. The van der Waals surface area contributed by atoms with Crippen LogP contribution in [0.3, 0.4) is 0 Å². The van der Waals surface area contributed by atoms with Crippen LogP contribution in [0, 0.1) is 0 Å². The van der Waals surface area contributed by atoms with Gasteiger partial charge in [0, 0.05) is 17.9 Å². The lowest BCUT2D eigenvalue weighted by Gasteiger charge is -2.25. The van der Waals surface area contributed by atoms with Crippen molar-refractivity contribution < 1.29 is 27.4 Å². The summed E-state index contributed by atoms with van der Waals surface area (Å²) in [7, 11) is 2.99. The number of fused-ring (bicyclic) bond motifs is 1. The number of ether oxygens (including phenoxy) is 2. The molecule has 0 radical (unpaired) electrons. The predicted molar refractivity (Wildman–Crippen MR) is 103 cm³/mol. The Morgan fingerprint density at radius 1 is 1.10 bits per heavy atom. The summed E-state index contributed by atoms with van der Waals surface area (Å²) in [5, 5.41) is 2.67. The molecular formula is C21H18F3N3O3. The van der Waals surface area contributed by atoms with Gasteiger partial charge < -0.3 is 14.8 Å². The topological polar surface area (TPSA) is 65.4 Å². The van der Waals surface area contributed by atoms with E-state index in [4.69, 9.17) is 9.47 Å². The molecule has 0 saturated carbocycles. The normalized spacial score (nSPS) is 16.0. The molecule has 0 bridgehead atoms. The quantitative estimate of drug-likeness (QED) is 0.684. The average Bonchev–Trinajstić information content (AvgIpc) is 3.15. The highest BCUT2D eigenvalue weighted by atomic mass is 19.4. The van der Waals surface area contributed by atoms with Gasteiger partial charge in [-0.15, -0.1) is 0 Å². The number of nitrogens with zero attached hydrogens (tertiary/aromatic N) is 2. The van der Waals surface area contributed by atoms with Crippen LogP contribution >= 0.6 is 0 Å². The van der Waals surface area contributed by atoms with Crippen molar-refractivity contribution >= 4 is 11.7 Å². The first kappa shape index (κ1) is 19.8. The van der Waals surface area contributed by atoms with Crippen molar-refractivity contribution in [2.45, 2.75) is 18.5 Å². The van der Waals surface area contributed by atoms with Gasteiger partial charge in [-0.3, -0.25) is 9.36 Å². The molecule has 0 spiro atoms. The second-order valence-electron chi connectivity index (χ2n) is 6.75. The average molecular weight is 417 g/mol. The number of hydrogen-bond donors (Lipinski definition) is 1. The SMILES string of the molecule is COc1cccc([C@H]2CC(=O)Nc3c2ncn3-c2ccccc2C(F)(F)F)c1OC. The van der Waals surface area contributed by atoms with E-state index in [1.54, 1.807) is 18.2 Å². The second-order valence-corrected chi connectivity index (χ2v) is 6.75. The van der Waals surface area contributed by atoms with Crippen molar-refractivity contribution in [1.29, 1.82) is 0 Å². The number of amides is 1. The van der Waals surface area contributed by atoms with Crippen molar-refractivity contribution in [2.75, 3.05) is 19.5 Å².